The molecule has 1 N–H and O–H groups in total. The third-order valence-electron chi connectivity index (χ3n) is 4.85. The van der Waals surface area contributed by atoms with Crippen LogP contribution in [0.25, 0.3) is 0 Å². The number of amides is 2. The van der Waals surface area contributed by atoms with Gasteiger partial charge in [0.25, 0.3) is 11.8 Å². The van der Waals surface area contributed by atoms with Gasteiger partial charge in [0, 0.05) is 24.5 Å². The monoisotopic (exact) mass is 453 g/mol. The summed E-state index contributed by atoms with van der Waals surface area (Å²) in [7, 11) is 0. The van der Waals surface area contributed by atoms with E-state index >= 15 is 0 Å². The number of anilines is 2. The molecule has 156 valence electrons. The third kappa shape index (κ3) is 3.70. The minimum atomic E-state index is -4.46. The lowest BCUT2D eigenvalue weighted by atomic mass is 10.1. The summed E-state index contributed by atoms with van der Waals surface area (Å²) in [5.74, 6) is -0.913. The molecule has 3 aromatic rings. The molecule has 10 heteroatoms. The highest BCUT2D eigenvalue weighted by Gasteiger charge is 2.35. The van der Waals surface area contributed by atoms with Crippen LogP contribution in [0.1, 0.15) is 39.4 Å². The van der Waals surface area contributed by atoms with E-state index in [4.69, 9.17) is 11.6 Å². The van der Waals surface area contributed by atoms with Gasteiger partial charge < -0.3 is 14.8 Å². The fraction of sp³-hybridized carbons (Fsp3) is 0.200. The molecule has 0 spiro atoms. The number of hydrogen-bond acceptors (Lipinski definition) is 3. The van der Waals surface area contributed by atoms with Gasteiger partial charge in [-0.05, 0) is 49.4 Å². The molecule has 2 amide bonds. The van der Waals surface area contributed by atoms with Crippen LogP contribution >= 0.6 is 22.9 Å². The van der Waals surface area contributed by atoms with E-state index in [1.165, 1.54) is 28.4 Å². The molecule has 0 saturated heterocycles. The maximum absolute atomic E-state index is 13.2. The zero-order valence-electron chi connectivity index (χ0n) is 15.5. The van der Waals surface area contributed by atoms with E-state index < -0.39 is 23.6 Å². The number of thiophene rings is 1. The summed E-state index contributed by atoms with van der Waals surface area (Å²) in [6.07, 6.45) is -2.79. The Morgan fingerprint density at radius 3 is 2.47 bits per heavy atom. The zero-order chi connectivity index (χ0) is 21.6. The van der Waals surface area contributed by atoms with E-state index in [0.717, 1.165) is 12.1 Å². The standard InChI is InChI=1S/C20H15ClF3N3O2S/c1-11-10-27(13-4-2-12(3-5-13)20(22,23)24)19(29)17-14(8-9-26(11)17)18(28)25-16-7-6-15(21)30-16/h2-9,11H,10H2,1H3,(H,25,28)/t11-/m0/s1. The van der Waals surface area contributed by atoms with Gasteiger partial charge in [-0.3, -0.25) is 9.59 Å². The lowest BCUT2D eigenvalue weighted by Crippen LogP contribution is -2.43. The van der Waals surface area contributed by atoms with Gasteiger partial charge in [0.2, 0.25) is 0 Å². The maximum Gasteiger partial charge on any atom is 0.416 e. The summed E-state index contributed by atoms with van der Waals surface area (Å²) >= 11 is 7.08. The largest absolute Gasteiger partial charge is 0.416 e. The number of hydrogen-bond donors (Lipinski definition) is 1. The molecule has 5 nitrogen and oxygen atoms in total. The lowest BCUT2D eigenvalue weighted by Gasteiger charge is -2.33. The third-order valence-corrected chi connectivity index (χ3v) is 5.99. The second-order valence-electron chi connectivity index (χ2n) is 6.85. The molecule has 1 aromatic carbocycles. The predicted octanol–water partition coefficient (Wildman–Crippen LogP) is 5.70. The average Bonchev–Trinajstić information content (AvgIpc) is 3.31. The Bertz CT molecular complexity index is 1120. The number of halogens is 4. The first kappa shape index (κ1) is 20.5. The fourth-order valence-corrected chi connectivity index (χ4v) is 4.34. The van der Waals surface area contributed by atoms with E-state index in [2.05, 4.69) is 5.32 Å². The molecule has 1 aliphatic rings. The van der Waals surface area contributed by atoms with Gasteiger partial charge in [-0.15, -0.1) is 11.3 Å². The molecule has 1 aliphatic heterocycles. The van der Waals surface area contributed by atoms with Crippen molar-refractivity contribution in [3.63, 3.8) is 0 Å². The van der Waals surface area contributed by atoms with E-state index in [1.807, 2.05) is 6.92 Å². The van der Waals surface area contributed by atoms with Gasteiger partial charge in [0.15, 0.2) is 0 Å². The minimum absolute atomic E-state index is 0.169. The number of carbonyl (C=O) groups is 2. The number of rotatable bonds is 3. The molecule has 0 bridgehead atoms. The summed E-state index contributed by atoms with van der Waals surface area (Å²) in [5.41, 5.74) is -0.0766. The highest BCUT2D eigenvalue weighted by molar-refractivity contribution is 7.20. The van der Waals surface area contributed by atoms with Gasteiger partial charge in [-0.25, -0.2) is 0 Å². The topological polar surface area (TPSA) is 54.3 Å². The first-order chi connectivity index (χ1) is 14.1. The van der Waals surface area contributed by atoms with Crippen molar-refractivity contribution in [2.45, 2.75) is 19.1 Å². The number of fused-ring (bicyclic) bond motifs is 1. The zero-order valence-corrected chi connectivity index (χ0v) is 17.1. The Balaban J connectivity index is 1.65. The predicted molar refractivity (Wildman–Crippen MR) is 110 cm³/mol. The Hall–Kier alpha value is -2.78. The SMILES string of the molecule is C[C@H]1CN(c2ccc(C(F)(F)F)cc2)C(=O)c2c(C(=O)Nc3ccc(Cl)s3)ccn21. The van der Waals surface area contributed by atoms with E-state index in [1.54, 1.807) is 29.0 Å². The Kier molecular flexibility index (Phi) is 5.11. The normalized spacial score (nSPS) is 16.5. The van der Waals surface area contributed by atoms with Crippen LogP contribution in [0.5, 0.6) is 0 Å². The Labute approximate surface area is 178 Å². The molecular weight excluding hydrogens is 439 g/mol. The highest BCUT2D eigenvalue weighted by Crippen LogP contribution is 2.34. The van der Waals surface area contributed by atoms with E-state index in [-0.39, 0.29) is 23.8 Å². The number of aromatic nitrogens is 1. The average molecular weight is 454 g/mol. The number of carbonyl (C=O) groups excluding carboxylic acids is 2. The molecule has 0 aliphatic carbocycles. The summed E-state index contributed by atoms with van der Waals surface area (Å²) < 4.78 is 40.8. The number of benzene rings is 1. The van der Waals surface area contributed by atoms with Crippen LogP contribution < -0.4 is 10.2 Å². The van der Waals surface area contributed by atoms with Crippen molar-refractivity contribution in [2.75, 3.05) is 16.8 Å². The molecule has 3 heterocycles. The molecule has 30 heavy (non-hydrogen) atoms. The maximum atomic E-state index is 13.2. The van der Waals surface area contributed by atoms with Crippen LogP contribution in [0, 0.1) is 0 Å². The number of nitrogens with one attached hydrogen (secondary N) is 1. The molecule has 1 atom stereocenters. The highest BCUT2D eigenvalue weighted by atomic mass is 35.5. The van der Waals surface area contributed by atoms with Crippen molar-refractivity contribution < 1.29 is 22.8 Å². The van der Waals surface area contributed by atoms with Crippen molar-refractivity contribution in [1.82, 2.24) is 4.57 Å². The first-order valence-corrected chi connectivity index (χ1v) is 10.1. The first-order valence-electron chi connectivity index (χ1n) is 8.92. The van der Waals surface area contributed by atoms with Crippen molar-refractivity contribution in [2.24, 2.45) is 0 Å². The summed E-state index contributed by atoms with van der Waals surface area (Å²) in [6, 6.07) is 9.11. The summed E-state index contributed by atoms with van der Waals surface area (Å²) in [4.78, 5) is 27.3. The molecule has 2 aromatic heterocycles. The van der Waals surface area contributed by atoms with Crippen LogP contribution in [0.15, 0.2) is 48.7 Å². The van der Waals surface area contributed by atoms with Gasteiger partial charge in [0.1, 0.15) is 5.69 Å². The van der Waals surface area contributed by atoms with Gasteiger partial charge in [-0.1, -0.05) is 11.6 Å². The molecule has 0 radical (unpaired) electrons. The van der Waals surface area contributed by atoms with E-state index in [0.29, 0.717) is 15.0 Å². The second-order valence-corrected chi connectivity index (χ2v) is 8.57. The lowest BCUT2D eigenvalue weighted by molar-refractivity contribution is -0.137. The van der Waals surface area contributed by atoms with Crippen LogP contribution in [0.3, 0.4) is 0 Å². The van der Waals surface area contributed by atoms with Crippen LogP contribution in [0.4, 0.5) is 23.9 Å². The van der Waals surface area contributed by atoms with Crippen molar-refractivity contribution in [1.29, 1.82) is 0 Å². The number of alkyl halides is 3. The van der Waals surface area contributed by atoms with Crippen molar-refractivity contribution >= 4 is 45.4 Å². The van der Waals surface area contributed by atoms with Crippen LogP contribution in [-0.2, 0) is 6.18 Å². The molecule has 0 fully saturated rings. The molecule has 4 rings (SSSR count). The van der Waals surface area contributed by atoms with Crippen molar-refractivity contribution in [3.8, 4) is 0 Å². The molecular formula is C20H15ClF3N3O2S. The Morgan fingerprint density at radius 1 is 1.17 bits per heavy atom. The van der Waals surface area contributed by atoms with Crippen LogP contribution in [0.2, 0.25) is 4.34 Å². The van der Waals surface area contributed by atoms with Gasteiger partial charge in [0.05, 0.1) is 20.5 Å². The van der Waals surface area contributed by atoms with Crippen molar-refractivity contribution in [3.05, 3.63) is 69.8 Å². The smallest absolute Gasteiger partial charge is 0.338 e. The fourth-order valence-electron chi connectivity index (χ4n) is 3.40. The summed E-state index contributed by atoms with van der Waals surface area (Å²) in [6.45, 7) is 2.14. The summed E-state index contributed by atoms with van der Waals surface area (Å²) in [5, 5.41) is 3.26. The minimum Gasteiger partial charge on any atom is -0.338 e. The van der Waals surface area contributed by atoms with Gasteiger partial charge >= 0.3 is 6.18 Å². The molecule has 0 unspecified atom stereocenters. The van der Waals surface area contributed by atoms with Crippen LogP contribution in [-0.4, -0.2) is 22.9 Å². The van der Waals surface area contributed by atoms with Gasteiger partial charge in [-0.2, -0.15) is 13.2 Å². The van der Waals surface area contributed by atoms with E-state index in [9.17, 15) is 22.8 Å². The second kappa shape index (κ2) is 7.48. The molecule has 0 saturated carbocycles. The quantitative estimate of drug-likeness (QED) is 0.553. The Morgan fingerprint density at radius 2 is 1.87 bits per heavy atom. The number of nitrogens with zero attached hydrogens (tertiary/aromatic N) is 2.